The fraction of sp³-hybridized carbons (Fsp3) is 0.278. The summed E-state index contributed by atoms with van der Waals surface area (Å²) in [5, 5.41) is 0.831. The van der Waals surface area contributed by atoms with Crippen LogP contribution >= 0.6 is 11.8 Å². The van der Waals surface area contributed by atoms with Gasteiger partial charge in [-0.15, -0.1) is 0 Å². The van der Waals surface area contributed by atoms with Gasteiger partial charge in [-0.05, 0) is 5.56 Å². The van der Waals surface area contributed by atoms with Gasteiger partial charge in [-0.3, -0.25) is 4.90 Å². The van der Waals surface area contributed by atoms with Crippen molar-refractivity contribution in [2.24, 2.45) is 0 Å². The average molecular weight is 337 g/mol. The third kappa shape index (κ3) is 3.66. The number of hydrogen-bond acceptors (Lipinski definition) is 5. The number of rotatable bonds is 5. The molecular weight excluding hydrogens is 318 g/mol. The Hall–Kier alpha value is -2.18. The Morgan fingerprint density at radius 1 is 1.04 bits per heavy atom. The molecule has 0 fully saturated rings. The quantitative estimate of drug-likeness (QED) is 0.573. The largest absolute Gasteiger partial charge is 0.347 e. The highest BCUT2D eigenvalue weighted by Crippen LogP contribution is 2.20. The van der Waals surface area contributed by atoms with Crippen molar-refractivity contribution in [3.8, 4) is 0 Å². The van der Waals surface area contributed by atoms with Crippen molar-refractivity contribution in [1.82, 2.24) is 24.8 Å². The zero-order valence-electron chi connectivity index (χ0n) is 13.4. The number of aromatic amines is 1. The van der Waals surface area contributed by atoms with Crippen LogP contribution in [-0.4, -0.2) is 31.4 Å². The first-order valence-corrected chi connectivity index (χ1v) is 9.06. The van der Waals surface area contributed by atoms with E-state index in [1.54, 1.807) is 18.1 Å². The predicted octanol–water partition coefficient (Wildman–Crippen LogP) is 3.05. The van der Waals surface area contributed by atoms with Crippen molar-refractivity contribution < 1.29 is 0 Å². The van der Waals surface area contributed by atoms with Gasteiger partial charge in [0, 0.05) is 49.8 Å². The first-order chi connectivity index (χ1) is 11.9. The topological polar surface area (TPSA) is 57.7 Å². The Morgan fingerprint density at radius 2 is 1.88 bits per heavy atom. The number of benzene rings is 1. The molecule has 0 saturated heterocycles. The molecule has 4 rings (SSSR count). The standard InChI is InChI=1S/C18H19N5S/c1-2-4-14(5-3-1)12-24-18-19-8-15(9-20-18)10-23-7-6-16-17(11-23)22-13-21-16/h1-5,8-9,13H,6-7,10-12H2,(H,21,22). The molecule has 2 aromatic heterocycles. The van der Waals surface area contributed by atoms with Crippen LogP contribution in [0.2, 0.25) is 0 Å². The first-order valence-electron chi connectivity index (χ1n) is 8.08. The molecule has 122 valence electrons. The lowest BCUT2D eigenvalue weighted by Gasteiger charge is -2.25. The summed E-state index contributed by atoms with van der Waals surface area (Å²) in [4.78, 5) is 19.0. The van der Waals surface area contributed by atoms with Gasteiger partial charge < -0.3 is 4.98 Å². The molecule has 1 aromatic carbocycles. The fourth-order valence-electron chi connectivity index (χ4n) is 2.88. The summed E-state index contributed by atoms with van der Waals surface area (Å²) in [6.07, 6.45) is 6.69. The molecule has 24 heavy (non-hydrogen) atoms. The molecule has 3 aromatic rings. The van der Waals surface area contributed by atoms with Crippen LogP contribution in [0.15, 0.2) is 54.2 Å². The molecule has 0 saturated carbocycles. The SMILES string of the molecule is c1ccc(CSc2ncc(CN3CCc4nc[nH]c4C3)cn2)cc1. The number of nitrogens with one attached hydrogen (secondary N) is 1. The Morgan fingerprint density at radius 3 is 2.71 bits per heavy atom. The molecule has 0 radical (unpaired) electrons. The van der Waals surface area contributed by atoms with Gasteiger partial charge in [-0.25, -0.2) is 15.0 Å². The van der Waals surface area contributed by atoms with Crippen molar-refractivity contribution in [2.45, 2.75) is 30.4 Å². The van der Waals surface area contributed by atoms with E-state index in [1.807, 2.05) is 18.5 Å². The number of hydrogen-bond donors (Lipinski definition) is 1. The summed E-state index contributed by atoms with van der Waals surface area (Å²) < 4.78 is 0. The number of imidazole rings is 1. The van der Waals surface area contributed by atoms with Crippen LogP contribution in [0.1, 0.15) is 22.5 Å². The molecule has 6 heteroatoms. The van der Waals surface area contributed by atoms with E-state index in [1.165, 1.54) is 17.0 Å². The van der Waals surface area contributed by atoms with Crippen LogP contribution in [0.3, 0.4) is 0 Å². The molecule has 1 N–H and O–H groups in total. The van der Waals surface area contributed by atoms with Crippen LogP contribution in [0.4, 0.5) is 0 Å². The second kappa shape index (κ2) is 7.15. The fourth-order valence-corrected chi connectivity index (χ4v) is 3.63. The van der Waals surface area contributed by atoms with E-state index >= 15 is 0 Å². The highest BCUT2D eigenvalue weighted by Gasteiger charge is 2.18. The van der Waals surface area contributed by atoms with Gasteiger partial charge in [-0.2, -0.15) is 0 Å². The molecule has 1 aliphatic rings. The van der Waals surface area contributed by atoms with Crippen LogP contribution < -0.4 is 0 Å². The second-order valence-electron chi connectivity index (χ2n) is 5.94. The Labute approximate surface area is 145 Å². The van der Waals surface area contributed by atoms with Crippen LogP contribution in [0, 0.1) is 0 Å². The van der Waals surface area contributed by atoms with E-state index in [0.29, 0.717) is 0 Å². The average Bonchev–Trinajstić information content (AvgIpc) is 3.10. The zero-order chi connectivity index (χ0) is 16.2. The van der Waals surface area contributed by atoms with Gasteiger partial charge in [0.25, 0.3) is 0 Å². The predicted molar refractivity (Wildman–Crippen MR) is 94.4 cm³/mol. The monoisotopic (exact) mass is 337 g/mol. The van der Waals surface area contributed by atoms with Gasteiger partial charge in [-0.1, -0.05) is 42.1 Å². The Balaban J connectivity index is 1.33. The van der Waals surface area contributed by atoms with Crippen molar-refractivity contribution in [3.05, 3.63) is 71.6 Å². The Bertz CT molecular complexity index is 785. The van der Waals surface area contributed by atoms with Gasteiger partial charge in [0.1, 0.15) is 0 Å². The summed E-state index contributed by atoms with van der Waals surface area (Å²) in [7, 11) is 0. The summed E-state index contributed by atoms with van der Waals surface area (Å²) >= 11 is 1.67. The zero-order valence-corrected chi connectivity index (χ0v) is 14.2. The molecule has 5 nitrogen and oxygen atoms in total. The summed E-state index contributed by atoms with van der Waals surface area (Å²) in [5.74, 6) is 0.898. The molecule has 0 bridgehead atoms. The maximum absolute atomic E-state index is 4.50. The summed E-state index contributed by atoms with van der Waals surface area (Å²) in [6.45, 7) is 2.82. The second-order valence-corrected chi connectivity index (χ2v) is 6.88. The van der Waals surface area contributed by atoms with Gasteiger partial charge in [0.2, 0.25) is 0 Å². The van der Waals surface area contributed by atoms with Gasteiger partial charge in [0.15, 0.2) is 5.16 Å². The molecule has 3 heterocycles. The third-order valence-corrected chi connectivity index (χ3v) is 5.10. The summed E-state index contributed by atoms with van der Waals surface area (Å²) in [6, 6.07) is 10.4. The van der Waals surface area contributed by atoms with Crippen molar-refractivity contribution >= 4 is 11.8 Å². The molecule has 0 aliphatic carbocycles. The molecule has 0 atom stereocenters. The molecular formula is C18H19N5S. The van der Waals surface area contributed by atoms with E-state index < -0.39 is 0 Å². The minimum atomic E-state index is 0.831. The number of aromatic nitrogens is 4. The van der Waals surface area contributed by atoms with Gasteiger partial charge >= 0.3 is 0 Å². The highest BCUT2D eigenvalue weighted by molar-refractivity contribution is 7.98. The minimum absolute atomic E-state index is 0.831. The van der Waals surface area contributed by atoms with E-state index in [-0.39, 0.29) is 0 Å². The lowest BCUT2D eigenvalue weighted by Crippen LogP contribution is -2.30. The van der Waals surface area contributed by atoms with Crippen molar-refractivity contribution in [2.75, 3.05) is 6.54 Å². The lowest BCUT2D eigenvalue weighted by molar-refractivity contribution is 0.241. The molecule has 0 spiro atoms. The number of nitrogens with zero attached hydrogens (tertiary/aromatic N) is 4. The van der Waals surface area contributed by atoms with Gasteiger partial charge in [0.05, 0.1) is 17.7 Å². The number of thioether (sulfide) groups is 1. The highest BCUT2D eigenvalue weighted by atomic mass is 32.2. The molecule has 1 aliphatic heterocycles. The van der Waals surface area contributed by atoms with E-state index in [4.69, 9.17) is 0 Å². The maximum Gasteiger partial charge on any atom is 0.187 e. The van der Waals surface area contributed by atoms with Crippen LogP contribution in [-0.2, 0) is 25.3 Å². The third-order valence-electron chi connectivity index (χ3n) is 4.15. The van der Waals surface area contributed by atoms with Crippen molar-refractivity contribution in [3.63, 3.8) is 0 Å². The van der Waals surface area contributed by atoms with Crippen molar-refractivity contribution in [1.29, 1.82) is 0 Å². The maximum atomic E-state index is 4.50. The smallest absolute Gasteiger partial charge is 0.187 e. The lowest BCUT2D eigenvalue weighted by atomic mass is 10.1. The first kappa shape index (κ1) is 15.4. The number of H-pyrrole nitrogens is 1. The minimum Gasteiger partial charge on any atom is -0.347 e. The van der Waals surface area contributed by atoms with E-state index in [0.717, 1.165) is 42.5 Å². The van der Waals surface area contributed by atoms with Crippen LogP contribution in [0.5, 0.6) is 0 Å². The van der Waals surface area contributed by atoms with E-state index in [9.17, 15) is 0 Å². The summed E-state index contributed by atoms with van der Waals surface area (Å²) in [5.41, 5.74) is 4.88. The van der Waals surface area contributed by atoms with Crippen LogP contribution in [0.25, 0.3) is 0 Å². The molecule has 0 amide bonds. The number of fused-ring (bicyclic) bond motifs is 1. The Kier molecular flexibility index (Phi) is 4.57. The molecule has 0 unspecified atom stereocenters. The normalized spacial score (nSPS) is 14.5. The van der Waals surface area contributed by atoms with E-state index in [2.05, 4.69) is 49.1 Å².